The van der Waals surface area contributed by atoms with E-state index in [1.807, 2.05) is 0 Å². The van der Waals surface area contributed by atoms with Crippen molar-refractivity contribution in [3.05, 3.63) is 73.4 Å². The number of nitrogen functional groups attached to an aromatic ring is 1. The first-order valence-corrected chi connectivity index (χ1v) is 10.1. The molecule has 1 unspecified atom stereocenters. The van der Waals surface area contributed by atoms with Crippen LogP contribution < -0.4 is 26.6 Å². The molecule has 0 bridgehead atoms. The fraction of sp³-hybridized carbons (Fsp3) is 0.200. The van der Waals surface area contributed by atoms with Gasteiger partial charge in [-0.05, 0) is 48.0 Å². The number of nitrogens with zero attached hydrogens (tertiary/aromatic N) is 3. The van der Waals surface area contributed by atoms with E-state index in [-0.39, 0.29) is 42.9 Å². The number of pyridine rings is 1. The summed E-state index contributed by atoms with van der Waals surface area (Å²) in [5, 5.41) is 0. The lowest BCUT2D eigenvalue weighted by molar-refractivity contribution is -0.143. The minimum atomic E-state index is -5.09. The monoisotopic (exact) mass is 546 g/mol. The summed E-state index contributed by atoms with van der Waals surface area (Å²) < 4.78 is 64.8. The van der Waals surface area contributed by atoms with Gasteiger partial charge in [-0.2, -0.15) is 13.2 Å². The largest absolute Gasteiger partial charge is 0.464 e. The molecule has 180 valence electrons. The van der Waals surface area contributed by atoms with Crippen LogP contribution in [0.25, 0.3) is 5.69 Å². The van der Waals surface area contributed by atoms with E-state index in [1.54, 1.807) is 0 Å². The molecule has 0 aliphatic heterocycles. The SMILES string of the molecule is CC(=O)C(C)Oc1ncccc1Oc1cc(-n2c(=O)cc(C(F)(F)F)n(N)c2=O)c(F)cc1Br. The maximum atomic E-state index is 14.7. The number of carbonyl (C=O) groups excluding carboxylic acids is 1. The van der Waals surface area contributed by atoms with E-state index in [4.69, 9.17) is 15.3 Å². The summed E-state index contributed by atoms with van der Waals surface area (Å²) in [6.45, 7) is 2.80. The molecule has 3 aromatic rings. The van der Waals surface area contributed by atoms with Gasteiger partial charge in [0.2, 0.25) is 0 Å². The number of ketones is 1. The van der Waals surface area contributed by atoms with E-state index in [1.165, 1.54) is 32.2 Å². The van der Waals surface area contributed by atoms with Gasteiger partial charge in [0.05, 0.1) is 10.2 Å². The molecule has 0 fully saturated rings. The van der Waals surface area contributed by atoms with Gasteiger partial charge in [0.1, 0.15) is 11.6 Å². The maximum absolute atomic E-state index is 14.7. The first-order valence-electron chi connectivity index (χ1n) is 9.32. The number of alkyl halides is 3. The molecule has 0 aliphatic carbocycles. The summed E-state index contributed by atoms with van der Waals surface area (Å²) in [6, 6.07) is 4.71. The third-order valence-corrected chi connectivity index (χ3v) is 5.11. The molecule has 2 heterocycles. The van der Waals surface area contributed by atoms with Crippen molar-refractivity contribution < 1.29 is 31.8 Å². The van der Waals surface area contributed by atoms with Gasteiger partial charge in [-0.1, -0.05) is 0 Å². The highest BCUT2D eigenvalue weighted by Crippen LogP contribution is 2.36. The average Bonchev–Trinajstić information content (AvgIpc) is 2.74. The third-order valence-electron chi connectivity index (χ3n) is 4.49. The first kappa shape index (κ1) is 25.0. The summed E-state index contributed by atoms with van der Waals surface area (Å²) in [5.74, 6) is 3.55. The standard InChI is InChI=1S/C20H15BrF4N4O5/c1-9(30)10(2)33-18-14(4-3-5-27-18)34-15-7-13(12(22)6-11(15)21)28-17(31)8-16(20(23,24)25)29(26)19(28)32/h3-8,10H,26H2,1-2H3. The van der Waals surface area contributed by atoms with Crippen LogP contribution in [0.15, 0.2) is 50.6 Å². The number of nitrogens with two attached hydrogens (primary N) is 1. The molecule has 0 amide bonds. The van der Waals surface area contributed by atoms with Gasteiger partial charge in [0, 0.05) is 18.3 Å². The first-order chi connectivity index (χ1) is 15.8. The van der Waals surface area contributed by atoms with Crippen molar-refractivity contribution in [2.75, 3.05) is 5.84 Å². The summed E-state index contributed by atoms with van der Waals surface area (Å²) in [4.78, 5) is 40.2. The molecule has 0 saturated heterocycles. The Bertz CT molecular complexity index is 1390. The van der Waals surface area contributed by atoms with Crippen molar-refractivity contribution >= 4 is 21.7 Å². The molecular formula is C20H15BrF4N4O5. The quantitative estimate of drug-likeness (QED) is 0.372. The van der Waals surface area contributed by atoms with E-state index in [2.05, 4.69) is 20.9 Å². The molecular weight excluding hydrogens is 532 g/mol. The van der Waals surface area contributed by atoms with Crippen LogP contribution in [0.3, 0.4) is 0 Å². The Balaban J connectivity index is 2.12. The zero-order chi connectivity index (χ0) is 25.4. The highest BCUT2D eigenvalue weighted by molar-refractivity contribution is 9.10. The van der Waals surface area contributed by atoms with Crippen LogP contribution in [0.4, 0.5) is 17.6 Å². The summed E-state index contributed by atoms with van der Waals surface area (Å²) >= 11 is 3.07. The van der Waals surface area contributed by atoms with Crippen molar-refractivity contribution in [3.63, 3.8) is 0 Å². The normalized spacial score (nSPS) is 12.3. The summed E-state index contributed by atoms with van der Waals surface area (Å²) in [5.41, 5.74) is -5.52. The van der Waals surface area contributed by atoms with E-state index in [0.717, 1.165) is 12.1 Å². The lowest BCUT2D eigenvalue weighted by Crippen LogP contribution is -2.45. The average molecular weight is 547 g/mol. The second-order valence-corrected chi connectivity index (χ2v) is 7.72. The Kier molecular flexibility index (Phi) is 6.82. The lowest BCUT2D eigenvalue weighted by atomic mass is 10.2. The molecule has 2 N–H and O–H groups in total. The Hall–Kier alpha value is -3.68. The molecule has 0 spiro atoms. The minimum absolute atomic E-state index is 0.00939. The highest BCUT2D eigenvalue weighted by Gasteiger charge is 2.36. The zero-order valence-corrected chi connectivity index (χ0v) is 19.0. The number of carbonyl (C=O) groups is 1. The van der Waals surface area contributed by atoms with Crippen LogP contribution in [-0.2, 0) is 11.0 Å². The van der Waals surface area contributed by atoms with E-state index in [0.29, 0.717) is 0 Å². The van der Waals surface area contributed by atoms with Crippen molar-refractivity contribution in [1.29, 1.82) is 0 Å². The Labute approximate surface area is 196 Å². The molecule has 2 aromatic heterocycles. The van der Waals surface area contributed by atoms with Crippen molar-refractivity contribution in [1.82, 2.24) is 14.2 Å². The molecule has 34 heavy (non-hydrogen) atoms. The Morgan fingerprint density at radius 1 is 1.21 bits per heavy atom. The number of hydrogen-bond donors (Lipinski definition) is 1. The van der Waals surface area contributed by atoms with Crippen molar-refractivity contribution in [2.45, 2.75) is 26.1 Å². The second kappa shape index (κ2) is 9.29. The van der Waals surface area contributed by atoms with Crippen LogP contribution in [0.2, 0.25) is 0 Å². The van der Waals surface area contributed by atoms with Crippen LogP contribution in [0.5, 0.6) is 17.4 Å². The predicted molar refractivity (Wildman–Crippen MR) is 114 cm³/mol. The molecule has 3 rings (SSSR count). The molecule has 9 nitrogen and oxygen atoms in total. The maximum Gasteiger partial charge on any atom is 0.433 e. The van der Waals surface area contributed by atoms with E-state index >= 15 is 0 Å². The van der Waals surface area contributed by atoms with Crippen molar-refractivity contribution in [2.24, 2.45) is 0 Å². The van der Waals surface area contributed by atoms with Gasteiger partial charge in [0.15, 0.2) is 23.3 Å². The predicted octanol–water partition coefficient (Wildman–Crippen LogP) is 3.18. The number of benzene rings is 1. The number of aromatic nitrogens is 3. The zero-order valence-electron chi connectivity index (χ0n) is 17.4. The highest BCUT2D eigenvalue weighted by atomic mass is 79.9. The number of ether oxygens (including phenoxy) is 2. The van der Waals surface area contributed by atoms with Gasteiger partial charge in [-0.15, -0.1) is 0 Å². The van der Waals surface area contributed by atoms with Gasteiger partial charge < -0.3 is 15.3 Å². The van der Waals surface area contributed by atoms with Crippen molar-refractivity contribution in [3.8, 4) is 23.1 Å². The summed E-state index contributed by atoms with van der Waals surface area (Å²) in [6.07, 6.45) is -4.59. The van der Waals surface area contributed by atoms with Gasteiger partial charge in [0.25, 0.3) is 11.4 Å². The third kappa shape index (κ3) is 4.95. The van der Waals surface area contributed by atoms with Gasteiger partial charge in [-0.25, -0.2) is 23.4 Å². The summed E-state index contributed by atoms with van der Waals surface area (Å²) in [7, 11) is 0. The van der Waals surface area contributed by atoms with Gasteiger partial charge >= 0.3 is 11.9 Å². The van der Waals surface area contributed by atoms with Crippen LogP contribution in [-0.4, -0.2) is 26.1 Å². The van der Waals surface area contributed by atoms with E-state index in [9.17, 15) is 31.9 Å². The molecule has 1 atom stereocenters. The molecule has 1 aromatic carbocycles. The Morgan fingerprint density at radius 3 is 2.50 bits per heavy atom. The fourth-order valence-corrected chi connectivity index (χ4v) is 3.07. The number of rotatable bonds is 6. The van der Waals surface area contributed by atoms with E-state index < -0.39 is 40.7 Å². The van der Waals surface area contributed by atoms with Crippen LogP contribution >= 0.6 is 15.9 Å². The fourth-order valence-electron chi connectivity index (χ4n) is 2.68. The molecule has 0 saturated carbocycles. The topological polar surface area (TPSA) is 118 Å². The Morgan fingerprint density at radius 2 is 1.88 bits per heavy atom. The number of Topliss-reactive ketones (excluding diaryl/α,β-unsaturated/α-hetero) is 1. The van der Waals surface area contributed by atoms with Gasteiger partial charge in [-0.3, -0.25) is 9.59 Å². The molecule has 0 aliphatic rings. The smallest absolute Gasteiger partial charge is 0.433 e. The van der Waals surface area contributed by atoms with Crippen LogP contribution in [0, 0.1) is 5.82 Å². The lowest BCUT2D eigenvalue weighted by Gasteiger charge is -2.17. The number of hydrogen-bond acceptors (Lipinski definition) is 7. The number of halogens is 5. The van der Waals surface area contributed by atoms with Crippen LogP contribution in [0.1, 0.15) is 19.5 Å². The molecule has 0 radical (unpaired) electrons. The molecule has 14 heteroatoms. The second-order valence-electron chi connectivity index (χ2n) is 6.87. The minimum Gasteiger partial charge on any atom is -0.464 e.